The van der Waals surface area contributed by atoms with Gasteiger partial charge in [-0.15, -0.1) is 0 Å². The number of likely N-dealkylation sites (tertiary alicyclic amines) is 1. The molecule has 1 fully saturated rings. The Labute approximate surface area is 83.2 Å². The van der Waals surface area contributed by atoms with Crippen LogP contribution in [0.25, 0.3) is 0 Å². The SMILES string of the molecule is COCC(=O)N1CC[CH]CC1C(N)=O. The fourth-order valence-electron chi connectivity index (χ4n) is 1.56. The lowest BCUT2D eigenvalue weighted by molar-refractivity contribution is -0.143. The number of carbonyl (C=O) groups excluding carboxylic acids is 2. The Kier molecular flexibility index (Phi) is 3.88. The molecule has 1 rings (SSSR count). The van der Waals surface area contributed by atoms with E-state index >= 15 is 0 Å². The van der Waals surface area contributed by atoms with E-state index in [1.165, 1.54) is 12.0 Å². The standard InChI is InChI=1S/C9H15N2O3/c1-14-6-8(12)11-5-3-2-4-7(11)9(10)13/h2,7H,3-6H2,1H3,(H2,10,13). The zero-order valence-corrected chi connectivity index (χ0v) is 8.23. The van der Waals surface area contributed by atoms with Crippen LogP contribution in [0.1, 0.15) is 12.8 Å². The Morgan fingerprint density at radius 2 is 2.36 bits per heavy atom. The van der Waals surface area contributed by atoms with Crippen molar-refractivity contribution in [3.05, 3.63) is 6.42 Å². The number of piperidine rings is 1. The van der Waals surface area contributed by atoms with Gasteiger partial charge in [0.2, 0.25) is 11.8 Å². The van der Waals surface area contributed by atoms with Gasteiger partial charge in [-0.1, -0.05) is 0 Å². The van der Waals surface area contributed by atoms with Crippen LogP contribution < -0.4 is 5.73 Å². The fourth-order valence-corrected chi connectivity index (χ4v) is 1.56. The summed E-state index contributed by atoms with van der Waals surface area (Å²) in [4.78, 5) is 24.0. The third kappa shape index (κ3) is 2.45. The van der Waals surface area contributed by atoms with Gasteiger partial charge in [0.05, 0.1) is 0 Å². The van der Waals surface area contributed by atoms with E-state index in [0.29, 0.717) is 13.0 Å². The molecule has 2 amide bonds. The van der Waals surface area contributed by atoms with Crippen LogP contribution in [0, 0.1) is 6.42 Å². The van der Waals surface area contributed by atoms with Crippen LogP contribution in [0.5, 0.6) is 0 Å². The molecular formula is C9H15N2O3. The van der Waals surface area contributed by atoms with Crippen molar-refractivity contribution in [2.24, 2.45) is 5.73 Å². The number of hydrogen-bond acceptors (Lipinski definition) is 3. The molecule has 0 aromatic heterocycles. The molecule has 1 saturated heterocycles. The number of primary amides is 1. The van der Waals surface area contributed by atoms with Crippen molar-refractivity contribution in [2.75, 3.05) is 20.3 Å². The van der Waals surface area contributed by atoms with Crippen molar-refractivity contribution < 1.29 is 14.3 Å². The molecule has 1 aliphatic heterocycles. The van der Waals surface area contributed by atoms with Gasteiger partial charge in [0, 0.05) is 13.7 Å². The maximum Gasteiger partial charge on any atom is 0.249 e. The van der Waals surface area contributed by atoms with Crippen LogP contribution in [0.2, 0.25) is 0 Å². The largest absolute Gasteiger partial charge is 0.375 e. The molecule has 0 aromatic carbocycles. The minimum absolute atomic E-state index is 0.00375. The second-order valence-corrected chi connectivity index (χ2v) is 3.25. The number of nitrogens with zero attached hydrogens (tertiary/aromatic N) is 1. The predicted octanol–water partition coefficient (Wildman–Crippen LogP) is -0.687. The van der Waals surface area contributed by atoms with Crippen molar-refractivity contribution >= 4 is 11.8 Å². The van der Waals surface area contributed by atoms with E-state index in [1.807, 2.05) is 6.42 Å². The zero-order valence-electron chi connectivity index (χ0n) is 8.23. The summed E-state index contributed by atoms with van der Waals surface area (Å²) in [5, 5.41) is 0. The molecule has 1 unspecified atom stereocenters. The van der Waals surface area contributed by atoms with Gasteiger partial charge in [0.1, 0.15) is 12.6 Å². The maximum absolute atomic E-state index is 11.5. The Balaban J connectivity index is 2.62. The normalized spacial score (nSPS) is 22.1. The van der Waals surface area contributed by atoms with Gasteiger partial charge in [-0.3, -0.25) is 9.59 Å². The first-order valence-corrected chi connectivity index (χ1v) is 4.56. The van der Waals surface area contributed by atoms with Crippen LogP contribution in [0.4, 0.5) is 0 Å². The minimum Gasteiger partial charge on any atom is -0.375 e. The van der Waals surface area contributed by atoms with Gasteiger partial charge < -0.3 is 15.4 Å². The topological polar surface area (TPSA) is 72.6 Å². The van der Waals surface area contributed by atoms with E-state index in [9.17, 15) is 9.59 Å². The maximum atomic E-state index is 11.5. The van der Waals surface area contributed by atoms with Crippen molar-refractivity contribution in [1.29, 1.82) is 0 Å². The summed E-state index contributed by atoms with van der Waals surface area (Å²) in [6.07, 6.45) is 3.33. The molecule has 14 heavy (non-hydrogen) atoms. The Morgan fingerprint density at radius 3 is 2.93 bits per heavy atom. The van der Waals surface area contributed by atoms with Crippen molar-refractivity contribution in [1.82, 2.24) is 4.90 Å². The van der Waals surface area contributed by atoms with E-state index in [-0.39, 0.29) is 12.5 Å². The molecule has 0 aliphatic carbocycles. The van der Waals surface area contributed by atoms with Gasteiger partial charge in [-0.25, -0.2) is 0 Å². The zero-order chi connectivity index (χ0) is 10.6. The Hall–Kier alpha value is -1.10. The highest BCUT2D eigenvalue weighted by Gasteiger charge is 2.30. The number of nitrogens with two attached hydrogens (primary N) is 1. The molecule has 0 aromatic rings. The quantitative estimate of drug-likeness (QED) is 0.654. The van der Waals surface area contributed by atoms with Crippen molar-refractivity contribution in [3.63, 3.8) is 0 Å². The van der Waals surface area contributed by atoms with Crippen LogP contribution >= 0.6 is 0 Å². The molecule has 5 heteroatoms. The summed E-state index contributed by atoms with van der Waals surface area (Å²) in [7, 11) is 1.45. The highest BCUT2D eigenvalue weighted by Crippen LogP contribution is 2.15. The first-order valence-electron chi connectivity index (χ1n) is 4.56. The summed E-state index contributed by atoms with van der Waals surface area (Å²) >= 11 is 0. The van der Waals surface area contributed by atoms with E-state index in [1.54, 1.807) is 0 Å². The smallest absolute Gasteiger partial charge is 0.249 e. The lowest BCUT2D eigenvalue weighted by Crippen LogP contribution is -2.51. The number of amides is 2. The van der Waals surface area contributed by atoms with Gasteiger partial charge in [-0.05, 0) is 19.3 Å². The highest BCUT2D eigenvalue weighted by molar-refractivity contribution is 5.87. The lowest BCUT2D eigenvalue weighted by Gasteiger charge is -2.33. The molecule has 0 spiro atoms. The number of ether oxygens (including phenoxy) is 1. The van der Waals surface area contributed by atoms with E-state index in [2.05, 4.69) is 0 Å². The number of methoxy groups -OCH3 is 1. The first-order chi connectivity index (χ1) is 6.66. The van der Waals surface area contributed by atoms with Gasteiger partial charge in [-0.2, -0.15) is 0 Å². The van der Waals surface area contributed by atoms with E-state index in [0.717, 1.165) is 6.42 Å². The molecule has 2 N–H and O–H groups in total. The predicted molar refractivity (Wildman–Crippen MR) is 50.1 cm³/mol. The molecule has 0 saturated carbocycles. The lowest BCUT2D eigenvalue weighted by atomic mass is 10.0. The molecule has 79 valence electrons. The third-order valence-electron chi connectivity index (χ3n) is 2.26. The Morgan fingerprint density at radius 1 is 1.64 bits per heavy atom. The average Bonchev–Trinajstić information content (AvgIpc) is 2.18. The highest BCUT2D eigenvalue weighted by atomic mass is 16.5. The molecular weight excluding hydrogens is 184 g/mol. The number of hydrogen-bond donors (Lipinski definition) is 1. The molecule has 1 radical (unpaired) electrons. The first kappa shape index (κ1) is 11.0. The van der Waals surface area contributed by atoms with Gasteiger partial charge in [0.15, 0.2) is 0 Å². The number of rotatable bonds is 3. The average molecular weight is 199 g/mol. The van der Waals surface area contributed by atoms with Gasteiger partial charge in [0.25, 0.3) is 0 Å². The molecule has 5 nitrogen and oxygen atoms in total. The summed E-state index contributed by atoms with van der Waals surface area (Å²) < 4.78 is 4.73. The van der Waals surface area contributed by atoms with Gasteiger partial charge >= 0.3 is 0 Å². The second kappa shape index (κ2) is 4.95. The molecule has 1 aliphatic rings. The monoisotopic (exact) mass is 199 g/mol. The summed E-state index contributed by atoms with van der Waals surface area (Å²) in [5.41, 5.74) is 5.20. The molecule has 0 bridgehead atoms. The Bertz CT molecular complexity index is 230. The molecule has 1 atom stereocenters. The van der Waals surface area contributed by atoms with Crippen LogP contribution in [-0.2, 0) is 14.3 Å². The number of carbonyl (C=O) groups is 2. The second-order valence-electron chi connectivity index (χ2n) is 3.25. The van der Waals surface area contributed by atoms with E-state index in [4.69, 9.17) is 10.5 Å². The van der Waals surface area contributed by atoms with Crippen LogP contribution in [0.15, 0.2) is 0 Å². The van der Waals surface area contributed by atoms with Crippen molar-refractivity contribution in [3.8, 4) is 0 Å². The molecule has 1 heterocycles. The third-order valence-corrected chi connectivity index (χ3v) is 2.26. The van der Waals surface area contributed by atoms with Crippen LogP contribution in [0.3, 0.4) is 0 Å². The minimum atomic E-state index is -0.494. The summed E-state index contributed by atoms with van der Waals surface area (Å²) in [6, 6.07) is -0.494. The van der Waals surface area contributed by atoms with E-state index < -0.39 is 11.9 Å². The fraction of sp³-hybridized carbons (Fsp3) is 0.667. The van der Waals surface area contributed by atoms with Crippen molar-refractivity contribution in [2.45, 2.75) is 18.9 Å². The summed E-state index contributed by atoms with van der Waals surface area (Å²) in [6.45, 7) is 0.555. The summed E-state index contributed by atoms with van der Waals surface area (Å²) in [5.74, 6) is -0.630. The van der Waals surface area contributed by atoms with Crippen LogP contribution in [-0.4, -0.2) is 43.0 Å².